The summed E-state index contributed by atoms with van der Waals surface area (Å²) in [5.74, 6) is -3.97. The summed E-state index contributed by atoms with van der Waals surface area (Å²) in [6, 6.07) is -1.33. The van der Waals surface area contributed by atoms with Gasteiger partial charge in [0.15, 0.2) is 0 Å². The molecule has 0 aromatic rings. The van der Waals surface area contributed by atoms with Crippen molar-refractivity contribution in [3.05, 3.63) is 0 Å². The number of halogens is 4. The molecule has 0 aliphatic heterocycles. The van der Waals surface area contributed by atoms with Gasteiger partial charge in [0.05, 0.1) is 19.1 Å². The number of nitrogens with two attached hydrogens (primary N) is 1. The van der Waals surface area contributed by atoms with E-state index in [1.165, 1.54) is 13.8 Å². The Morgan fingerprint density at radius 2 is 1.14 bits per heavy atom. The van der Waals surface area contributed by atoms with Crippen molar-refractivity contribution in [2.24, 2.45) is 5.73 Å². The summed E-state index contributed by atoms with van der Waals surface area (Å²) in [4.78, 5) is 57.2. The summed E-state index contributed by atoms with van der Waals surface area (Å²) < 4.78 is 10.4. The van der Waals surface area contributed by atoms with E-state index in [1.807, 2.05) is 5.32 Å². The molecular formula is C12H21Cl3CrFN3O9-. The molecule has 0 fully saturated rings. The van der Waals surface area contributed by atoms with Crippen molar-refractivity contribution in [1.29, 1.82) is 0 Å². The Morgan fingerprint density at radius 3 is 1.21 bits per heavy atom. The number of carbonyl (C=O) groups excluding carboxylic acids is 4. The Bertz CT molecular complexity index is 451. The zero-order valence-electron chi connectivity index (χ0n) is 15.4. The molecule has 0 radical (unpaired) electrons. The van der Waals surface area contributed by atoms with E-state index >= 15 is 0 Å². The third kappa shape index (κ3) is 146. The third-order valence-corrected chi connectivity index (χ3v) is 1.14. The van der Waals surface area contributed by atoms with E-state index in [9.17, 15) is 33.5 Å². The fourth-order valence-electron chi connectivity index (χ4n) is 0.397. The molecule has 0 unspecified atom stereocenters. The number of aliphatic carboxylic acids is 3. The Morgan fingerprint density at radius 1 is 0.897 bits per heavy atom. The molecule has 0 saturated carbocycles. The van der Waals surface area contributed by atoms with Crippen molar-refractivity contribution in [3.8, 4) is 0 Å². The van der Waals surface area contributed by atoms with E-state index in [4.69, 9.17) is 45.2 Å². The van der Waals surface area contributed by atoms with Crippen molar-refractivity contribution in [2.75, 3.05) is 19.6 Å². The first kappa shape index (κ1) is 38.0. The van der Waals surface area contributed by atoms with Crippen molar-refractivity contribution in [1.82, 2.24) is 10.6 Å². The molecule has 173 valence electrons. The van der Waals surface area contributed by atoms with Crippen LogP contribution in [0.1, 0.15) is 20.8 Å². The van der Waals surface area contributed by atoms with Crippen LogP contribution < -0.4 is 21.5 Å². The first-order valence-electron chi connectivity index (χ1n) is 6.70. The Balaban J connectivity index is -0.0000000859. The number of carboxylic acid groups (broad SMARTS) is 3. The van der Waals surface area contributed by atoms with Crippen LogP contribution in [0.25, 0.3) is 0 Å². The second kappa shape index (κ2) is 28.5. The van der Waals surface area contributed by atoms with Crippen LogP contribution in [0.2, 0.25) is 0 Å². The van der Waals surface area contributed by atoms with E-state index < -0.39 is 41.9 Å². The zero-order valence-corrected chi connectivity index (χ0v) is 18.9. The van der Waals surface area contributed by atoms with Crippen molar-refractivity contribution in [3.63, 3.8) is 0 Å². The van der Waals surface area contributed by atoms with E-state index in [1.54, 1.807) is 0 Å². The van der Waals surface area contributed by atoms with Gasteiger partial charge in [-0.25, -0.2) is 0 Å². The molecule has 0 aliphatic carbocycles. The standard InChI is InChI=1S/2C4H7NO3.C2H3FO.C2H5NO2.3ClH.Cr/c2*1-3(6)5-2-4(7)8;1-2(3)4;3-1-2(4)5;;;;/h2*2H2,1H3,(H,5,6)(H,7,8);1H3;1,3H2,(H,4,5);3*1H;/q;;;;;;;+3/p-4. The Kier molecular flexibility index (Phi) is 37.4. The van der Waals surface area contributed by atoms with E-state index in [0.717, 1.165) is 6.92 Å². The van der Waals surface area contributed by atoms with Crippen LogP contribution in [-0.4, -0.2) is 65.6 Å². The molecule has 0 aromatic heterocycles. The topological polar surface area (TPSA) is 216 Å². The quantitative estimate of drug-likeness (QED) is 0.265. The molecule has 0 saturated heterocycles. The number of hydrogen-bond donors (Lipinski definition) is 5. The molecule has 17 heteroatoms. The second-order valence-corrected chi connectivity index (χ2v) is 10.1. The summed E-state index contributed by atoms with van der Waals surface area (Å²) in [5.41, 5.74) is 4.57. The molecule has 12 nitrogen and oxygen atoms in total. The van der Waals surface area contributed by atoms with E-state index in [0.29, 0.717) is 0 Å². The molecule has 6 N–H and O–H groups in total. The summed E-state index contributed by atoms with van der Waals surface area (Å²) >= 11 is -1.62. The van der Waals surface area contributed by atoms with Crippen molar-refractivity contribution in [2.45, 2.75) is 20.8 Å². The monoisotopic (exact) mass is 527 g/mol. The minimum atomic E-state index is -1.62. The van der Waals surface area contributed by atoms with Crippen molar-refractivity contribution < 1.29 is 59.9 Å². The molecule has 29 heavy (non-hydrogen) atoms. The average Bonchev–Trinajstić information content (AvgIpc) is 2.51. The van der Waals surface area contributed by atoms with Gasteiger partial charge >= 0.3 is 53.5 Å². The SMILES string of the molecule is CC(=O)F.CC(=O)NCC(=O)O.CC(=O)NCC(=O)[O-].NCC(=O)O.[Cl][Cr]([Cl])[Cl]. The third-order valence-electron chi connectivity index (χ3n) is 1.14. The Hall–Kier alpha value is -1.69. The Labute approximate surface area is 182 Å². The molecule has 2 amide bonds. The number of amides is 2. The van der Waals surface area contributed by atoms with E-state index in [-0.39, 0.29) is 24.9 Å². The van der Waals surface area contributed by atoms with Gasteiger partial charge < -0.3 is 36.5 Å². The van der Waals surface area contributed by atoms with Gasteiger partial charge in [0, 0.05) is 20.8 Å². The van der Waals surface area contributed by atoms with Gasteiger partial charge in [0.2, 0.25) is 11.8 Å². The van der Waals surface area contributed by atoms with Crippen molar-refractivity contribution >= 4 is 65.9 Å². The van der Waals surface area contributed by atoms with Crippen LogP contribution in [0.4, 0.5) is 4.39 Å². The number of hydrogen-bond acceptors (Lipinski definition) is 8. The fraction of sp³-hybridized carbons (Fsp3) is 0.500. The van der Waals surface area contributed by atoms with Crippen LogP contribution in [0.3, 0.4) is 0 Å². The molecule has 0 spiro atoms. The number of rotatable bonds is 5. The predicted molar refractivity (Wildman–Crippen MR) is 96.0 cm³/mol. The van der Waals surface area contributed by atoms with Crippen LogP contribution >= 0.6 is 30.1 Å². The van der Waals surface area contributed by atoms with Crippen LogP contribution in [-0.2, 0) is 40.2 Å². The molecular weight excluding hydrogens is 507 g/mol. The number of carboxylic acids is 3. The van der Waals surface area contributed by atoms with Gasteiger partial charge in [-0.05, 0) is 0 Å². The normalized spacial score (nSPS) is 7.90. The number of nitrogens with one attached hydrogen (secondary N) is 2. The van der Waals surface area contributed by atoms with E-state index in [2.05, 4.69) is 11.1 Å². The van der Waals surface area contributed by atoms with Crippen LogP contribution in [0.5, 0.6) is 0 Å². The first-order chi connectivity index (χ1) is 13.0. The van der Waals surface area contributed by atoms with Gasteiger partial charge in [0.1, 0.15) is 6.54 Å². The molecule has 0 atom stereocenters. The van der Waals surface area contributed by atoms with Gasteiger partial charge in [-0.2, -0.15) is 4.39 Å². The fourth-order valence-corrected chi connectivity index (χ4v) is 0.397. The summed E-state index contributed by atoms with van der Waals surface area (Å²) in [6.07, 6.45) is 0. The summed E-state index contributed by atoms with van der Waals surface area (Å²) in [5, 5.41) is 29.3. The second-order valence-electron chi connectivity index (χ2n) is 3.83. The van der Waals surface area contributed by atoms with Crippen LogP contribution in [0.15, 0.2) is 0 Å². The predicted octanol–water partition coefficient (Wildman–Crippen LogP) is -1.32. The molecule has 0 bridgehead atoms. The van der Waals surface area contributed by atoms with Gasteiger partial charge in [-0.15, -0.1) is 0 Å². The van der Waals surface area contributed by atoms with Gasteiger partial charge in [-0.1, -0.05) is 0 Å². The maximum absolute atomic E-state index is 10.4. The molecule has 0 aromatic carbocycles. The average molecular weight is 529 g/mol. The summed E-state index contributed by atoms with van der Waals surface area (Å²) in [7, 11) is 14.8. The maximum atomic E-state index is 10.4. The van der Waals surface area contributed by atoms with Gasteiger partial charge in [0.25, 0.3) is 6.04 Å². The molecule has 0 aliphatic rings. The zero-order chi connectivity index (χ0) is 24.6. The van der Waals surface area contributed by atoms with Gasteiger partial charge in [-0.3, -0.25) is 24.0 Å². The minimum absolute atomic E-state index is 0.278. The molecule has 0 rings (SSSR count). The first-order valence-corrected chi connectivity index (χ1v) is 12.0. The number of carbonyl (C=O) groups is 6. The molecule has 0 heterocycles. The summed E-state index contributed by atoms with van der Waals surface area (Å²) in [6.45, 7) is 2.39. The van der Waals surface area contributed by atoms with Crippen LogP contribution in [0, 0.1) is 0 Å².